The second kappa shape index (κ2) is 7.06. The molecule has 0 amide bonds. The molecule has 1 aliphatic rings. The first-order chi connectivity index (χ1) is 9.69. The van der Waals surface area contributed by atoms with E-state index in [2.05, 4.69) is 29.5 Å². The van der Waals surface area contributed by atoms with Crippen LogP contribution in [0.3, 0.4) is 0 Å². The molecule has 0 bridgehead atoms. The van der Waals surface area contributed by atoms with Crippen molar-refractivity contribution in [2.45, 2.75) is 32.4 Å². The summed E-state index contributed by atoms with van der Waals surface area (Å²) >= 11 is 0. The predicted molar refractivity (Wildman–Crippen MR) is 79.2 cm³/mol. The number of rotatable bonds is 6. The molecule has 1 aromatic heterocycles. The second-order valence-corrected chi connectivity index (χ2v) is 5.27. The van der Waals surface area contributed by atoms with Crippen molar-refractivity contribution in [3.8, 4) is 0 Å². The molecule has 1 saturated heterocycles. The van der Waals surface area contributed by atoms with Crippen molar-refractivity contribution < 1.29 is 9.47 Å². The molecule has 2 heterocycles. The second-order valence-electron chi connectivity index (χ2n) is 5.27. The van der Waals surface area contributed by atoms with Crippen molar-refractivity contribution in [2.24, 2.45) is 5.73 Å². The first kappa shape index (κ1) is 15.3. The van der Waals surface area contributed by atoms with Gasteiger partial charge in [-0.15, -0.1) is 0 Å². The summed E-state index contributed by atoms with van der Waals surface area (Å²) < 4.78 is 13.1. The third-order valence-corrected chi connectivity index (χ3v) is 3.69. The smallest absolute Gasteiger partial charge is 0.206 e. The molecule has 20 heavy (non-hydrogen) atoms. The molecule has 0 spiro atoms. The summed E-state index contributed by atoms with van der Waals surface area (Å²) in [6.45, 7) is 7.86. The highest BCUT2D eigenvalue weighted by Crippen LogP contribution is 2.22. The van der Waals surface area contributed by atoms with Crippen LogP contribution in [0, 0.1) is 0 Å². The van der Waals surface area contributed by atoms with Gasteiger partial charge >= 0.3 is 0 Å². The van der Waals surface area contributed by atoms with Crippen LogP contribution in [0.4, 0.5) is 5.95 Å². The average molecular weight is 282 g/mol. The van der Waals surface area contributed by atoms with Crippen LogP contribution in [-0.4, -0.2) is 55.6 Å². The molecule has 0 saturated carbocycles. The molecule has 6 heteroatoms. The molecule has 2 atom stereocenters. The van der Waals surface area contributed by atoms with Crippen LogP contribution in [0.5, 0.6) is 0 Å². The molecule has 1 fully saturated rings. The van der Waals surface area contributed by atoms with E-state index in [0.29, 0.717) is 19.8 Å². The van der Waals surface area contributed by atoms with Crippen molar-refractivity contribution >= 4 is 5.95 Å². The van der Waals surface area contributed by atoms with Gasteiger partial charge in [-0.25, -0.2) is 4.98 Å². The number of anilines is 1. The van der Waals surface area contributed by atoms with Crippen LogP contribution in [0.25, 0.3) is 0 Å². The number of nitrogens with zero attached hydrogens (tertiary/aromatic N) is 3. The quantitative estimate of drug-likeness (QED) is 0.836. The number of ether oxygens (including phenoxy) is 2. The van der Waals surface area contributed by atoms with Gasteiger partial charge in [-0.2, -0.15) is 0 Å². The zero-order chi connectivity index (χ0) is 14.5. The third kappa shape index (κ3) is 3.31. The van der Waals surface area contributed by atoms with Crippen molar-refractivity contribution in [3.63, 3.8) is 0 Å². The number of methoxy groups -OCH3 is 1. The topological polar surface area (TPSA) is 65.5 Å². The van der Waals surface area contributed by atoms with E-state index in [1.807, 2.05) is 0 Å². The SMILES string of the molecule is CCc1cn(C(C)COC)c(N2CCOC(CN)C2)n1. The van der Waals surface area contributed by atoms with E-state index >= 15 is 0 Å². The first-order valence-electron chi connectivity index (χ1n) is 7.32. The lowest BCUT2D eigenvalue weighted by molar-refractivity contribution is 0.0455. The largest absolute Gasteiger partial charge is 0.383 e. The van der Waals surface area contributed by atoms with E-state index in [4.69, 9.17) is 20.2 Å². The van der Waals surface area contributed by atoms with E-state index in [1.165, 1.54) is 0 Å². The summed E-state index contributed by atoms with van der Waals surface area (Å²) in [5, 5.41) is 0. The van der Waals surface area contributed by atoms with Crippen LogP contribution in [0.1, 0.15) is 25.6 Å². The van der Waals surface area contributed by atoms with Gasteiger partial charge in [0.2, 0.25) is 5.95 Å². The molecule has 1 aliphatic heterocycles. The Hall–Kier alpha value is -1.11. The molecule has 1 aromatic rings. The lowest BCUT2D eigenvalue weighted by Crippen LogP contribution is -2.46. The molecule has 6 nitrogen and oxygen atoms in total. The van der Waals surface area contributed by atoms with Gasteiger partial charge in [0.1, 0.15) is 0 Å². The molecule has 0 aliphatic carbocycles. The van der Waals surface area contributed by atoms with Gasteiger partial charge in [0, 0.05) is 32.9 Å². The van der Waals surface area contributed by atoms with E-state index < -0.39 is 0 Å². The highest BCUT2D eigenvalue weighted by atomic mass is 16.5. The lowest BCUT2D eigenvalue weighted by Gasteiger charge is -2.34. The summed E-state index contributed by atoms with van der Waals surface area (Å²) in [6.07, 6.45) is 3.16. The normalized spacial score (nSPS) is 21.2. The summed E-state index contributed by atoms with van der Waals surface area (Å²) in [7, 11) is 1.73. The number of imidazole rings is 1. The fourth-order valence-electron chi connectivity index (χ4n) is 2.53. The number of hydrogen-bond donors (Lipinski definition) is 1. The van der Waals surface area contributed by atoms with Crippen LogP contribution in [0.15, 0.2) is 6.20 Å². The minimum absolute atomic E-state index is 0.0942. The average Bonchev–Trinajstić information content (AvgIpc) is 2.92. The summed E-state index contributed by atoms with van der Waals surface area (Å²) in [4.78, 5) is 7.03. The molecular formula is C14H26N4O2. The maximum absolute atomic E-state index is 5.72. The Morgan fingerprint density at radius 3 is 3.05 bits per heavy atom. The van der Waals surface area contributed by atoms with Gasteiger partial charge in [-0.05, 0) is 13.3 Å². The molecule has 114 valence electrons. The summed E-state index contributed by atoms with van der Waals surface area (Å²) in [5.41, 5.74) is 6.83. The monoisotopic (exact) mass is 282 g/mol. The lowest BCUT2D eigenvalue weighted by atomic mass is 10.3. The number of nitrogens with two attached hydrogens (primary N) is 1. The van der Waals surface area contributed by atoms with E-state index in [-0.39, 0.29) is 12.1 Å². The Balaban J connectivity index is 2.22. The zero-order valence-corrected chi connectivity index (χ0v) is 12.7. The number of aryl methyl sites for hydroxylation is 1. The van der Waals surface area contributed by atoms with E-state index in [9.17, 15) is 0 Å². The van der Waals surface area contributed by atoms with E-state index in [0.717, 1.165) is 31.2 Å². The summed E-state index contributed by atoms with van der Waals surface area (Å²) in [6, 6.07) is 0.266. The Morgan fingerprint density at radius 1 is 1.60 bits per heavy atom. The number of hydrogen-bond acceptors (Lipinski definition) is 5. The molecule has 2 rings (SSSR count). The van der Waals surface area contributed by atoms with Crippen molar-refractivity contribution in [1.82, 2.24) is 9.55 Å². The number of morpholine rings is 1. The Kier molecular flexibility index (Phi) is 5.39. The number of aromatic nitrogens is 2. The highest BCUT2D eigenvalue weighted by molar-refractivity contribution is 5.35. The van der Waals surface area contributed by atoms with Gasteiger partial charge in [-0.3, -0.25) is 0 Å². The van der Waals surface area contributed by atoms with Crippen molar-refractivity contribution in [2.75, 3.05) is 44.9 Å². The maximum Gasteiger partial charge on any atom is 0.206 e. The van der Waals surface area contributed by atoms with Gasteiger partial charge in [-0.1, -0.05) is 6.92 Å². The zero-order valence-electron chi connectivity index (χ0n) is 12.7. The minimum atomic E-state index is 0.0942. The van der Waals surface area contributed by atoms with Crippen LogP contribution < -0.4 is 10.6 Å². The highest BCUT2D eigenvalue weighted by Gasteiger charge is 2.24. The maximum atomic E-state index is 5.72. The van der Waals surface area contributed by atoms with E-state index in [1.54, 1.807) is 7.11 Å². The van der Waals surface area contributed by atoms with Crippen LogP contribution in [0.2, 0.25) is 0 Å². The third-order valence-electron chi connectivity index (χ3n) is 3.69. The van der Waals surface area contributed by atoms with Crippen molar-refractivity contribution in [1.29, 1.82) is 0 Å². The fraction of sp³-hybridized carbons (Fsp3) is 0.786. The van der Waals surface area contributed by atoms with Gasteiger partial charge in [0.05, 0.1) is 31.1 Å². The standard InChI is InChI=1S/C14H26N4O2/c1-4-12-8-18(11(2)10-19-3)14(16-12)17-5-6-20-13(7-15)9-17/h8,11,13H,4-7,9-10,15H2,1-3H3. The fourth-order valence-corrected chi connectivity index (χ4v) is 2.53. The molecular weight excluding hydrogens is 256 g/mol. The Morgan fingerprint density at radius 2 is 2.40 bits per heavy atom. The first-order valence-corrected chi connectivity index (χ1v) is 7.32. The molecule has 0 aromatic carbocycles. The van der Waals surface area contributed by atoms with Crippen molar-refractivity contribution in [3.05, 3.63) is 11.9 Å². The molecule has 0 radical (unpaired) electrons. The Labute approximate surface area is 120 Å². The van der Waals surface area contributed by atoms with Gasteiger partial charge < -0.3 is 24.7 Å². The summed E-state index contributed by atoms with van der Waals surface area (Å²) in [5.74, 6) is 1.01. The van der Waals surface area contributed by atoms with Crippen LogP contribution >= 0.6 is 0 Å². The predicted octanol–water partition coefficient (Wildman–Crippen LogP) is 0.817. The Bertz CT molecular complexity index is 421. The minimum Gasteiger partial charge on any atom is -0.383 e. The molecule has 2 unspecified atom stereocenters. The molecule has 2 N–H and O–H groups in total. The van der Waals surface area contributed by atoms with Gasteiger partial charge in [0.25, 0.3) is 0 Å². The van der Waals surface area contributed by atoms with Crippen LogP contribution in [-0.2, 0) is 15.9 Å². The van der Waals surface area contributed by atoms with Gasteiger partial charge in [0.15, 0.2) is 0 Å².